The smallest absolute Gasteiger partial charge is 0.239 e. The van der Waals surface area contributed by atoms with Gasteiger partial charge in [0.1, 0.15) is 0 Å². The van der Waals surface area contributed by atoms with E-state index >= 15 is 0 Å². The van der Waals surface area contributed by atoms with Crippen molar-refractivity contribution in [1.29, 1.82) is 0 Å². The molecule has 0 spiro atoms. The van der Waals surface area contributed by atoms with Crippen LogP contribution in [0.15, 0.2) is 30.3 Å². The third-order valence-electron chi connectivity index (χ3n) is 3.60. The molecule has 1 aromatic rings. The van der Waals surface area contributed by atoms with Crippen LogP contribution in [0.1, 0.15) is 44.6 Å². The lowest BCUT2D eigenvalue weighted by Gasteiger charge is -2.26. The van der Waals surface area contributed by atoms with E-state index in [0.29, 0.717) is 19.5 Å². The molecule has 21 heavy (non-hydrogen) atoms. The molecular weight excluding hydrogens is 262 g/mol. The number of carbonyl (C=O) groups excluding carboxylic acids is 1. The zero-order valence-corrected chi connectivity index (χ0v) is 13.1. The Balaban J connectivity index is 2.60. The van der Waals surface area contributed by atoms with Gasteiger partial charge in [-0.05, 0) is 31.4 Å². The molecule has 118 valence electrons. The third kappa shape index (κ3) is 6.74. The van der Waals surface area contributed by atoms with E-state index in [-0.39, 0.29) is 5.91 Å². The monoisotopic (exact) mass is 291 g/mol. The summed E-state index contributed by atoms with van der Waals surface area (Å²) in [6.07, 6.45) is 4.63. The second-order valence-corrected chi connectivity index (χ2v) is 5.49. The van der Waals surface area contributed by atoms with Crippen LogP contribution in [0.3, 0.4) is 0 Å². The van der Waals surface area contributed by atoms with E-state index in [4.69, 9.17) is 11.5 Å². The molecule has 0 radical (unpaired) electrons. The van der Waals surface area contributed by atoms with Crippen LogP contribution in [0.4, 0.5) is 0 Å². The van der Waals surface area contributed by atoms with Gasteiger partial charge in [0.15, 0.2) is 0 Å². The van der Waals surface area contributed by atoms with Crippen molar-refractivity contribution in [3.05, 3.63) is 35.9 Å². The van der Waals surface area contributed by atoms with Crippen LogP contribution in [0.25, 0.3) is 0 Å². The van der Waals surface area contributed by atoms with Crippen LogP contribution < -0.4 is 11.5 Å². The molecule has 1 aromatic carbocycles. The zero-order chi connectivity index (χ0) is 15.5. The van der Waals surface area contributed by atoms with Gasteiger partial charge in [-0.2, -0.15) is 0 Å². The van der Waals surface area contributed by atoms with Gasteiger partial charge in [0.2, 0.25) is 5.91 Å². The molecule has 0 aromatic heterocycles. The van der Waals surface area contributed by atoms with Crippen molar-refractivity contribution in [3.63, 3.8) is 0 Å². The number of hydrogen-bond acceptors (Lipinski definition) is 3. The summed E-state index contributed by atoms with van der Waals surface area (Å²) in [6, 6.07) is 9.67. The molecule has 1 rings (SSSR count). The fourth-order valence-corrected chi connectivity index (χ4v) is 2.29. The predicted octanol–water partition coefficient (Wildman–Crippen LogP) is 2.27. The molecule has 0 fully saturated rings. The van der Waals surface area contributed by atoms with E-state index in [1.54, 1.807) is 0 Å². The molecule has 4 heteroatoms. The highest BCUT2D eigenvalue weighted by molar-refractivity contribution is 5.81. The SMILES string of the molecule is CCCCN(Cc1ccccc1)C(=O)[C@@H](N)CCCCN. The van der Waals surface area contributed by atoms with Crippen molar-refractivity contribution < 1.29 is 4.79 Å². The molecule has 4 nitrogen and oxygen atoms in total. The lowest BCUT2D eigenvalue weighted by molar-refractivity contribution is -0.133. The quantitative estimate of drug-likeness (QED) is 0.650. The summed E-state index contributed by atoms with van der Waals surface area (Å²) in [7, 11) is 0. The molecule has 0 aliphatic heterocycles. The Morgan fingerprint density at radius 2 is 1.90 bits per heavy atom. The van der Waals surface area contributed by atoms with E-state index in [0.717, 1.165) is 37.8 Å². The van der Waals surface area contributed by atoms with Crippen molar-refractivity contribution >= 4 is 5.91 Å². The third-order valence-corrected chi connectivity index (χ3v) is 3.60. The van der Waals surface area contributed by atoms with Crippen LogP contribution in [0.5, 0.6) is 0 Å². The van der Waals surface area contributed by atoms with Crippen molar-refractivity contribution in [1.82, 2.24) is 4.90 Å². The van der Waals surface area contributed by atoms with Crippen LogP contribution in [-0.2, 0) is 11.3 Å². The Morgan fingerprint density at radius 1 is 1.19 bits per heavy atom. The van der Waals surface area contributed by atoms with Gasteiger partial charge in [-0.3, -0.25) is 4.79 Å². The second-order valence-electron chi connectivity index (χ2n) is 5.49. The first-order valence-corrected chi connectivity index (χ1v) is 7.97. The van der Waals surface area contributed by atoms with Gasteiger partial charge >= 0.3 is 0 Å². The van der Waals surface area contributed by atoms with E-state index in [1.807, 2.05) is 35.2 Å². The van der Waals surface area contributed by atoms with Crippen LogP contribution >= 0.6 is 0 Å². The summed E-state index contributed by atoms with van der Waals surface area (Å²) >= 11 is 0. The van der Waals surface area contributed by atoms with Gasteiger partial charge in [0.05, 0.1) is 6.04 Å². The molecule has 4 N–H and O–H groups in total. The summed E-state index contributed by atoms with van der Waals surface area (Å²) in [5.74, 6) is 0.0596. The lowest BCUT2D eigenvalue weighted by Crippen LogP contribution is -2.43. The number of unbranched alkanes of at least 4 members (excludes halogenated alkanes) is 2. The lowest BCUT2D eigenvalue weighted by atomic mass is 10.1. The number of carbonyl (C=O) groups is 1. The van der Waals surface area contributed by atoms with Crippen molar-refractivity contribution in [3.8, 4) is 0 Å². The van der Waals surface area contributed by atoms with Crippen LogP contribution in [-0.4, -0.2) is 29.9 Å². The van der Waals surface area contributed by atoms with E-state index in [2.05, 4.69) is 6.92 Å². The van der Waals surface area contributed by atoms with Crippen molar-refractivity contribution in [2.45, 2.75) is 51.6 Å². The summed E-state index contributed by atoms with van der Waals surface area (Å²) in [5, 5.41) is 0. The zero-order valence-electron chi connectivity index (χ0n) is 13.1. The van der Waals surface area contributed by atoms with Gasteiger partial charge in [-0.1, -0.05) is 50.1 Å². The minimum atomic E-state index is -0.405. The average Bonchev–Trinajstić information content (AvgIpc) is 2.51. The first-order chi connectivity index (χ1) is 10.2. The Kier molecular flexibility index (Phi) is 8.71. The Labute approximate surface area is 128 Å². The Hall–Kier alpha value is -1.39. The van der Waals surface area contributed by atoms with Gasteiger partial charge in [0.25, 0.3) is 0 Å². The minimum Gasteiger partial charge on any atom is -0.337 e. The number of nitrogens with zero attached hydrogens (tertiary/aromatic N) is 1. The highest BCUT2D eigenvalue weighted by Gasteiger charge is 2.20. The average molecular weight is 291 g/mol. The highest BCUT2D eigenvalue weighted by Crippen LogP contribution is 2.10. The highest BCUT2D eigenvalue weighted by atomic mass is 16.2. The van der Waals surface area contributed by atoms with Gasteiger partial charge < -0.3 is 16.4 Å². The molecule has 0 saturated heterocycles. The summed E-state index contributed by atoms with van der Waals surface area (Å²) in [5.41, 5.74) is 12.7. The number of nitrogens with two attached hydrogens (primary N) is 2. The topological polar surface area (TPSA) is 72.3 Å². The molecule has 0 heterocycles. The van der Waals surface area contributed by atoms with E-state index < -0.39 is 6.04 Å². The molecule has 0 aliphatic carbocycles. The summed E-state index contributed by atoms with van der Waals surface area (Å²) < 4.78 is 0. The van der Waals surface area contributed by atoms with Gasteiger partial charge in [-0.15, -0.1) is 0 Å². The minimum absolute atomic E-state index is 0.0596. The maximum Gasteiger partial charge on any atom is 0.239 e. The molecule has 0 unspecified atom stereocenters. The van der Waals surface area contributed by atoms with E-state index in [1.165, 1.54) is 0 Å². The van der Waals surface area contributed by atoms with Gasteiger partial charge in [-0.25, -0.2) is 0 Å². The molecule has 0 saturated carbocycles. The molecule has 0 aliphatic rings. The Morgan fingerprint density at radius 3 is 2.52 bits per heavy atom. The predicted molar refractivity (Wildman–Crippen MR) is 87.6 cm³/mol. The van der Waals surface area contributed by atoms with Crippen molar-refractivity contribution in [2.75, 3.05) is 13.1 Å². The maximum atomic E-state index is 12.5. The molecular formula is C17H29N3O. The molecule has 0 bridgehead atoms. The van der Waals surface area contributed by atoms with E-state index in [9.17, 15) is 4.79 Å². The van der Waals surface area contributed by atoms with Crippen LogP contribution in [0.2, 0.25) is 0 Å². The molecule has 1 amide bonds. The summed E-state index contributed by atoms with van der Waals surface area (Å²) in [4.78, 5) is 14.4. The van der Waals surface area contributed by atoms with Crippen LogP contribution in [0, 0.1) is 0 Å². The fourth-order valence-electron chi connectivity index (χ4n) is 2.29. The van der Waals surface area contributed by atoms with Gasteiger partial charge in [0, 0.05) is 13.1 Å². The standard InChI is InChI=1S/C17H29N3O/c1-2-3-13-20(14-15-9-5-4-6-10-15)17(21)16(19)11-7-8-12-18/h4-6,9-10,16H,2-3,7-8,11-14,18-19H2,1H3/t16-/m0/s1. The number of benzene rings is 1. The fraction of sp³-hybridized carbons (Fsp3) is 0.588. The molecule has 1 atom stereocenters. The number of hydrogen-bond donors (Lipinski definition) is 2. The maximum absolute atomic E-state index is 12.5. The Bertz CT molecular complexity index is 394. The largest absolute Gasteiger partial charge is 0.337 e. The first kappa shape index (κ1) is 17.7. The number of rotatable bonds is 10. The van der Waals surface area contributed by atoms with Crippen molar-refractivity contribution in [2.24, 2.45) is 11.5 Å². The number of amides is 1. The summed E-state index contributed by atoms with van der Waals surface area (Å²) in [6.45, 7) is 4.20. The second kappa shape index (κ2) is 10.4. The first-order valence-electron chi connectivity index (χ1n) is 7.97. The normalized spacial score (nSPS) is 12.1.